The molecule has 0 saturated heterocycles. The van der Waals surface area contributed by atoms with Gasteiger partial charge in [-0.3, -0.25) is 9.59 Å². The summed E-state index contributed by atoms with van der Waals surface area (Å²) in [6.45, 7) is 4.18. The van der Waals surface area contributed by atoms with Crippen molar-refractivity contribution >= 4 is 11.9 Å². The van der Waals surface area contributed by atoms with Crippen molar-refractivity contribution in [1.29, 1.82) is 0 Å². The van der Waals surface area contributed by atoms with E-state index < -0.39 is 0 Å². The van der Waals surface area contributed by atoms with Gasteiger partial charge in [0, 0.05) is 6.54 Å². The van der Waals surface area contributed by atoms with Crippen molar-refractivity contribution in [3.05, 3.63) is 30.3 Å². The van der Waals surface area contributed by atoms with E-state index in [1.165, 1.54) is 0 Å². The molecule has 1 N–H and O–H groups in total. The standard InChI is InChI=1S/C15H21NO4/c1-12(2)20-15(18)8-10-16-14(17)9-11-19-13-6-4-3-5-7-13/h3-7,12H,8-11H2,1-2H3,(H,16,17). The van der Waals surface area contributed by atoms with Crippen LogP contribution in [0.3, 0.4) is 0 Å². The first-order valence-corrected chi connectivity index (χ1v) is 6.72. The normalized spacial score (nSPS) is 10.2. The minimum Gasteiger partial charge on any atom is -0.493 e. The van der Waals surface area contributed by atoms with Crippen molar-refractivity contribution in [3.63, 3.8) is 0 Å². The SMILES string of the molecule is CC(C)OC(=O)CCNC(=O)CCOc1ccccc1. The van der Waals surface area contributed by atoms with Crippen LogP contribution in [0.5, 0.6) is 5.75 Å². The molecule has 0 heterocycles. The summed E-state index contributed by atoms with van der Waals surface area (Å²) in [7, 11) is 0. The van der Waals surface area contributed by atoms with Crippen molar-refractivity contribution < 1.29 is 19.1 Å². The van der Waals surface area contributed by atoms with Gasteiger partial charge in [-0.2, -0.15) is 0 Å². The highest BCUT2D eigenvalue weighted by molar-refractivity contribution is 5.77. The quantitative estimate of drug-likeness (QED) is 0.738. The lowest BCUT2D eigenvalue weighted by molar-refractivity contribution is -0.147. The molecule has 0 aromatic heterocycles. The van der Waals surface area contributed by atoms with Crippen LogP contribution in [0.25, 0.3) is 0 Å². The van der Waals surface area contributed by atoms with Gasteiger partial charge in [-0.1, -0.05) is 18.2 Å². The molecule has 0 atom stereocenters. The van der Waals surface area contributed by atoms with Crippen LogP contribution in [-0.2, 0) is 14.3 Å². The summed E-state index contributed by atoms with van der Waals surface area (Å²) in [5.74, 6) is 0.292. The lowest BCUT2D eigenvalue weighted by atomic mass is 10.3. The molecule has 110 valence electrons. The number of amides is 1. The van der Waals surface area contributed by atoms with E-state index in [1.807, 2.05) is 30.3 Å². The second-order valence-corrected chi connectivity index (χ2v) is 4.55. The fourth-order valence-corrected chi connectivity index (χ4v) is 1.49. The van der Waals surface area contributed by atoms with E-state index in [0.29, 0.717) is 6.61 Å². The van der Waals surface area contributed by atoms with Crippen LogP contribution in [0.1, 0.15) is 26.7 Å². The lowest BCUT2D eigenvalue weighted by Gasteiger charge is -2.09. The number of rotatable bonds is 8. The summed E-state index contributed by atoms with van der Waals surface area (Å²) < 4.78 is 10.4. The van der Waals surface area contributed by atoms with Crippen molar-refractivity contribution in [2.24, 2.45) is 0 Å². The van der Waals surface area contributed by atoms with Gasteiger partial charge < -0.3 is 14.8 Å². The van der Waals surface area contributed by atoms with Crippen LogP contribution in [-0.4, -0.2) is 31.1 Å². The topological polar surface area (TPSA) is 64.6 Å². The third-order valence-electron chi connectivity index (χ3n) is 2.36. The van der Waals surface area contributed by atoms with E-state index in [4.69, 9.17) is 9.47 Å². The molecule has 0 radical (unpaired) electrons. The van der Waals surface area contributed by atoms with E-state index in [0.717, 1.165) is 5.75 Å². The zero-order valence-corrected chi connectivity index (χ0v) is 11.9. The molecule has 20 heavy (non-hydrogen) atoms. The largest absolute Gasteiger partial charge is 0.493 e. The number of hydrogen-bond donors (Lipinski definition) is 1. The molecule has 0 bridgehead atoms. The first kappa shape index (κ1) is 16.0. The van der Waals surface area contributed by atoms with Crippen LogP contribution >= 0.6 is 0 Å². The molecule has 1 aromatic carbocycles. The van der Waals surface area contributed by atoms with Crippen LogP contribution < -0.4 is 10.1 Å². The van der Waals surface area contributed by atoms with Gasteiger partial charge in [0.1, 0.15) is 5.75 Å². The Morgan fingerprint density at radius 1 is 1.15 bits per heavy atom. The van der Waals surface area contributed by atoms with Gasteiger partial charge in [0.2, 0.25) is 5.91 Å². The number of carbonyl (C=O) groups excluding carboxylic acids is 2. The number of carbonyl (C=O) groups is 2. The third-order valence-corrected chi connectivity index (χ3v) is 2.36. The zero-order valence-electron chi connectivity index (χ0n) is 11.9. The maximum absolute atomic E-state index is 11.5. The van der Waals surface area contributed by atoms with Gasteiger partial charge in [0.15, 0.2) is 0 Å². The molecular formula is C15H21NO4. The molecule has 0 spiro atoms. The predicted octanol–water partition coefficient (Wildman–Crippen LogP) is 1.91. The van der Waals surface area contributed by atoms with Crippen LogP contribution in [0.4, 0.5) is 0 Å². The monoisotopic (exact) mass is 279 g/mol. The molecule has 0 unspecified atom stereocenters. The lowest BCUT2D eigenvalue weighted by Crippen LogP contribution is -2.28. The molecule has 0 aliphatic rings. The van der Waals surface area contributed by atoms with Gasteiger partial charge >= 0.3 is 5.97 Å². The number of esters is 1. The summed E-state index contributed by atoms with van der Waals surface area (Å²) in [5.41, 5.74) is 0. The van der Waals surface area contributed by atoms with Gasteiger partial charge in [0.25, 0.3) is 0 Å². The Morgan fingerprint density at radius 2 is 1.85 bits per heavy atom. The molecule has 1 amide bonds. The maximum atomic E-state index is 11.5. The Hall–Kier alpha value is -2.04. The fraction of sp³-hybridized carbons (Fsp3) is 0.467. The van der Waals surface area contributed by atoms with E-state index in [2.05, 4.69) is 5.32 Å². The van der Waals surface area contributed by atoms with Crippen molar-refractivity contribution in [2.75, 3.05) is 13.2 Å². The summed E-state index contributed by atoms with van der Waals surface area (Å²) in [6.07, 6.45) is 0.315. The fourth-order valence-electron chi connectivity index (χ4n) is 1.49. The molecule has 0 aliphatic carbocycles. The average Bonchev–Trinajstić information content (AvgIpc) is 2.39. The second kappa shape index (κ2) is 8.96. The van der Waals surface area contributed by atoms with Gasteiger partial charge in [-0.25, -0.2) is 0 Å². The minimum atomic E-state index is -0.305. The Labute approximate surface area is 119 Å². The number of ether oxygens (including phenoxy) is 2. The zero-order chi connectivity index (χ0) is 14.8. The summed E-state index contributed by atoms with van der Waals surface area (Å²) in [5, 5.41) is 2.65. The molecular weight excluding hydrogens is 258 g/mol. The molecule has 5 nitrogen and oxygen atoms in total. The molecule has 0 fully saturated rings. The highest BCUT2D eigenvalue weighted by Crippen LogP contribution is 2.08. The van der Waals surface area contributed by atoms with Gasteiger partial charge in [0.05, 0.1) is 25.6 Å². The van der Waals surface area contributed by atoms with Gasteiger partial charge in [-0.05, 0) is 26.0 Å². The first-order valence-electron chi connectivity index (χ1n) is 6.72. The number of nitrogens with one attached hydrogen (secondary N) is 1. The third kappa shape index (κ3) is 7.41. The van der Waals surface area contributed by atoms with Crippen molar-refractivity contribution in [2.45, 2.75) is 32.8 Å². The van der Waals surface area contributed by atoms with E-state index in [9.17, 15) is 9.59 Å². The average molecular weight is 279 g/mol. The maximum Gasteiger partial charge on any atom is 0.307 e. The van der Waals surface area contributed by atoms with E-state index in [1.54, 1.807) is 13.8 Å². The van der Waals surface area contributed by atoms with Crippen LogP contribution in [0.15, 0.2) is 30.3 Å². The van der Waals surface area contributed by atoms with Crippen molar-refractivity contribution in [1.82, 2.24) is 5.32 Å². The molecule has 5 heteroatoms. The number of hydrogen-bond acceptors (Lipinski definition) is 4. The number of benzene rings is 1. The Morgan fingerprint density at radius 3 is 2.50 bits per heavy atom. The molecule has 0 saturated carbocycles. The smallest absolute Gasteiger partial charge is 0.307 e. The predicted molar refractivity (Wildman–Crippen MR) is 75.4 cm³/mol. The highest BCUT2D eigenvalue weighted by atomic mass is 16.5. The Balaban J connectivity index is 2.07. The minimum absolute atomic E-state index is 0.127. The molecule has 1 aromatic rings. The number of para-hydroxylation sites is 1. The summed E-state index contributed by atoms with van der Waals surface area (Å²) in [4.78, 5) is 22.7. The van der Waals surface area contributed by atoms with Crippen LogP contribution in [0.2, 0.25) is 0 Å². The Bertz CT molecular complexity index is 417. The van der Waals surface area contributed by atoms with E-state index >= 15 is 0 Å². The summed E-state index contributed by atoms with van der Waals surface area (Å²) in [6, 6.07) is 9.31. The summed E-state index contributed by atoms with van der Waals surface area (Å²) >= 11 is 0. The molecule has 0 aliphatic heterocycles. The first-order chi connectivity index (χ1) is 9.58. The Kier molecular flexibility index (Phi) is 7.17. The molecule has 1 rings (SSSR count). The van der Waals surface area contributed by atoms with E-state index in [-0.39, 0.29) is 37.4 Å². The van der Waals surface area contributed by atoms with Crippen LogP contribution in [0, 0.1) is 0 Å². The second-order valence-electron chi connectivity index (χ2n) is 4.55. The van der Waals surface area contributed by atoms with Crippen molar-refractivity contribution in [3.8, 4) is 5.75 Å². The highest BCUT2D eigenvalue weighted by Gasteiger charge is 2.07. The van der Waals surface area contributed by atoms with Gasteiger partial charge in [-0.15, -0.1) is 0 Å².